The van der Waals surface area contributed by atoms with E-state index in [-0.39, 0.29) is 5.91 Å². The van der Waals surface area contributed by atoms with Crippen molar-refractivity contribution < 1.29 is 4.79 Å². The molecule has 0 aliphatic rings. The summed E-state index contributed by atoms with van der Waals surface area (Å²) in [6.07, 6.45) is 0. The van der Waals surface area contributed by atoms with Gasteiger partial charge in [-0.15, -0.1) is 11.8 Å². The third kappa shape index (κ3) is 4.20. The van der Waals surface area contributed by atoms with E-state index in [0.29, 0.717) is 5.69 Å². The average molecular weight is 452 g/mol. The lowest BCUT2D eigenvalue weighted by Crippen LogP contribution is -2.19. The number of nitrogens with zero attached hydrogens (tertiary/aromatic N) is 1. The van der Waals surface area contributed by atoms with Crippen molar-refractivity contribution in [2.24, 2.45) is 0 Å². The number of amides is 1. The van der Waals surface area contributed by atoms with Gasteiger partial charge in [-0.05, 0) is 55.0 Å². The van der Waals surface area contributed by atoms with Gasteiger partial charge in [0.1, 0.15) is 5.25 Å². The van der Waals surface area contributed by atoms with E-state index in [1.807, 2.05) is 60.7 Å². The van der Waals surface area contributed by atoms with Gasteiger partial charge in [0.2, 0.25) is 5.91 Å². The Balaban J connectivity index is 1.49. The zero-order valence-electron chi connectivity index (χ0n) is 18.4. The maximum Gasteiger partial charge on any atom is 0.242 e. The minimum Gasteiger partial charge on any atom is -0.399 e. The molecule has 0 aliphatic heterocycles. The van der Waals surface area contributed by atoms with Gasteiger partial charge in [0.05, 0.1) is 0 Å². The predicted octanol–water partition coefficient (Wildman–Crippen LogP) is 6.87. The minimum atomic E-state index is -0.402. The molecule has 0 fully saturated rings. The number of nitrogen functional groups attached to an aromatic ring is 1. The van der Waals surface area contributed by atoms with E-state index < -0.39 is 5.25 Å². The van der Waals surface area contributed by atoms with Gasteiger partial charge in [0.15, 0.2) is 0 Å². The van der Waals surface area contributed by atoms with Crippen LogP contribution >= 0.6 is 11.8 Å². The SMILES string of the molecule is CCn1c2ccccc2c2cc(NC(=O)C(Sc3cccc(N)c3)c3ccccc3)ccc21. The van der Waals surface area contributed by atoms with Gasteiger partial charge in [-0.1, -0.05) is 54.6 Å². The molecule has 1 heterocycles. The molecule has 0 aliphatic carbocycles. The first-order valence-electron chi connectivity index (χ1n) is 11.0. The highest BCUT2D eigenvalue weighted by Crippen LogP contribution is 2.37. The number of hydrogen-bond acceptors (Lipinski definition) is 3. The van der Waals surface area contributed by atoms with Crippen LogP contribution in [0.4, 0.5) is 11.4 Å². The molecule has 0 spiro atoms. The standard InChI is InChI=1S/C28H25N3OS/c1-2-31-25-14-7-6-13-23(25)24-18-21(15-16-26(24)31)30-28(32)27(19-9-4-3-5-10-19)33-22-12-8-11-20(29)17-22/h3-18,27H,2,29H2,1H3,(H,30,32). The molecule has 1 amide bonds. The van der Waals surface area contributed by atoms with E-state index in [1.54, 1.807) is 0 Å². The van der Waals surface area contributed by atoms with Crippen LogP contribution in [-0.2, 0) is 11.3 Å². The lowest BCUT2D eigenvalue weighted by molar-refractivity contribution is -0.115. The van der Waals surface area contributed by atoms with Crippen molar-refractivity contribution in [3.05, 3.63) is 103 Å². The number of hydrogen-bond donors (Lipinski definition) is 2. The smallest absolute Gasteiger partial charge is 0.242 e. The molecule has 0 bridgehead atoms. The number of nitrogens with two attached hydrogens (primary N) is 1. The number of nitrogens with one attached hydrogen (secondary N) is 1. The molecule has 3 N–H and O–H groups in total. The van der Waals surface area contributed by atoms with Crippen LogP contribution in [0.3, 0.4) is 0 Å². The molecule has 1 unspecified atom stereocenters. The number of benzene rings is 4. The lowest BCUT2D eigenvalue weighted by Gasteiger charge is -2.17. The van der Waals surface area contributed by atoms with Crippen molar-refractivity contribution in [3.63, 3.8) is 0 Å². The zero-order valence-corrected chi connectivity index (χ0v) is 19.2. The Morgan fingerprint density at radius 2 is 1.64 bits per heavy atom. The number of anilines is 2. The summed E-state index contributed by atoms with van der Waals surface area (Å²) in [5, 5.41) is 5.09. The molecule has 0 saturated carbocycles. The van der Waals surface area contributed by atoms with E-state index in [9.17, 15) is 4.79 Å². The normalized spacial score (nSPS) is 12.2. The minimum absolute atomic E-state index is 0.0628. The Labute approximate surface area is 197 Å². The second kappa shape index (κ2) is 9.04. The number of carbonyl (C=O) groups is 1. The van der Waals surface area contributed by atoms with E-state index in [4.69, 9.17) is 5.73 Å². The number of para-hydroxylation sites is 1. The maximum atomic E-state index is 13.5. The summed E-state index contributed by atoms with van der Waals surface area (Å²) < 4.78 is 2.30. The number of aryl methyl sites for hydroxylation is 1. The third-order valence-electron chi connectivity index (χ3n) is 5.81. The van der Waals surface area contributed by atoms with E-state index in [1.165, 1.54) is 28.2 Å². The van der Waals surface area contributed by atoms with Crippen LogP contribution in [-0.4, -0.2) is 10.5 Å². The second-order valence-corrected chi connectivity index (χ2v) is 9.14. The van der Waals surface area contributed by atoms with Crippen LogP contribution in [0.2, 0.25) is 0 Å². The molecule has 4 nitrogen and oxygen atoms in total. The number of carbonyl (C=O) groups excluding carboxylic acids is 1. The van der Waals surface area contributed by atoms with Gasteiger partial charge in [0.25, 0.3) is 0 Å². The topological polar surface area (TPSA) is 60.0 Å². The summed E-state index contributed by atoms with van der Waals surface area (Å²) >= 11 is 1.50. The quantitative estimate of drug-likeness (QED) is 0.219. The molecule has 33 heavy (non-hydrogen) atoms. The molecular weight excluding hydrogens is 426 g/mol. The molecule has 4 aromatic carbocycles. The first kappa shape index (κ1) is 21.2. The number of thioether (sulfide) groups is 1. The zero-order chi connectivity index (χ0) is 22.8. The first-order chi connectivity index (χ1) is 16.1. The monoisotopic (exact) mass is 451 g/mol. The summed E-state index contributed by atoms with van der Waals surface area (Å²) in [4.78, 5) is 14.5. The molecule has 1 aromatic heterocycles. The van der Waals surface area contributed by atoms with Crippen LogP contribution in [0.25, 0.3) is 21.8 Å². The molecule has 5 rings (SSSR count). The summed E-state index contributed by atoms with van der Waals surface area (Å²) in [6.45, 7) is 3.04. The number of fused-ring (bicyclic) bond motifs is 3. The van der Waals surface area contributed by atoms with Crippen LogP contribution in [0, 0.1) is 0 Å². The highest BCUT2D eigenvalue weighted by atomic mass is 32.2. The van der Waals surface area contributed by atoms with Crippen molar-refractivity contribution in [2.45, 2.75) is 23.6 Å². The van der Waals surface area contributed by atoms with Crippen molar-refractivity contribution in [1.29, 1.82) is 0 Å². The van der Waals surface area contributed by atoms with Crippen molar-refractivity contribution in [2.75, 3.05) is 11.1 Å². The van der Waals surface area contributed by atoms with E-state index in [2.05, 4.69) is 53.2 Å². The fourth-order valence-electron chi connectivity index (χ4n) is 4.30. The number of rotatable bonds is 6. The molecule has 5 aromatic rings. The largest absolute Gasteiger partial charge is 0.399 e. The van der Waals surface area contributed by atoms with Crippen LogP contribution in [0.5, 0.6) is 0 Å². The maximum absolute atomic E-state index is 13.5. The van der Waals surface area contributed by atoms with Gasteiger partial charge in [-0.3, -0.25) is 4.79 Å². The van der Waals surface area contributed by atoms with Crippen molar-refractivity contribution >= 4 is 50.8 Å². The summed E-state index contributed by atoms with van der Waals surface area (Å²) in [5.41, 5.74) is 10.8. The van der Waals surface area contributed by atoms with Crippen molar-refractivity contribution in [1.82, 2.24) is 4.57 Å². The van der Waals surface area contributed by atoms with Crippen molar-refractivity contribution in [3.8, 4) is 0 Å². The van der Waals surface area contributed by atoms with Gasteiger partial charge < -0.3 is 15.6 Å². The molecule has 5 heteroatoms. The van der Waals surface area contributed by atoms with Crippen LogP contribution in [0.15, 0.2) is 102 Å². The fraction of sp³-hybridized carbons (Fsp3) is 0.107. The molecule has 1 atom stereocenters. The van der Waals surface area contributed by atoms with Gasteiger partial charge in [-0.2, -0.15) is 0 Å². The predicted molar refractivity (Wildman–Crippen MR) is 140 cm³/mol. The second-order valence-electron chi connectivity index (χ2n) is 7.96. The Morgan fingerprint density at radius 3 is 2.42 bits per heavy atom. The Morgan fingerprint density at radius 1 is 0.879 bits per heavy atom. The first-order valence-corrected chi connectivity index (χ1v) is 11.9. The van der Waals surface area contributed by atoms with Crippen LogP contribution in [0.1, 0.15) is 17.7 Å². The summed E-state index contributed by atoms with van der Waals surface area (Å²) in [7, 11) is 0. The van der Waals surface area contributed by atoms with E-state index in [0.717, 1.165) is 28.1 Å². The molecular formula is C28H25N3OS. The number of aromatic nitrogens is 1. The highest BCUT2D eigenvalue weighted by molar-refractivity contribution is 8.00. The van der Waals surface area contributed by atoms with Gasteiger partial charge in [-0.25, -0.2) is 0 Å². The van der Waals surface area contributed by atoms with Gasteiger partial charge in [0, 0.05) is 44.6 Å². The molecule has 0 saturated heterocycles. The van der Waals surface area contributed by atoms with Crippen LogP contribution < -0.4 is 11.1 Å². The lowest BCUT2D eigenvalue weighted by atomic mass is 10.1. The van der Waals surface area contributed by atoms with Gasteiger partial charge >= 0.3 is 0 Å². The third-order valence-corrected chi connectivity index (χ3v) is 7.06. The fourth-order valence-corrected chi connectivity index (χ4v) is 5.40. The Bertz CT molecular complexity index is 1440. The molecule has 164 valence electrons. The highest BCUT2D eigenvalue weighted by Gasteiger charge is 2.22. The Hall–Kier alpha value is -3.70. The summed E-state index contributed by atoms with van der Waals surface area (Å²) in [5.74, 6) is -0.0628. The average Bonchev–Trinajstić information content (AvgIpc) is 3.16. The summed E-state index contributed by atoms with van der Waals surface area (Å²) in [6, 6.07) is 32.1. The van der Waals surface area contributed by atoms with E-state index >= 15 is 0 Å². The Kier molecular flexibility index (Phi) is 5.80. The molecule has 0 radical (unpaired) electrons.